The van der Waals surface area contributed by atoms with E-state index in [0.29, 0.717) is 6.42 Å². The van der Waals surface area contributed by atoms with Gasteiger partial charge in [0.05, 0.1) is 24.5 Å². The summed E-state index contributed by atoms with van der Waals surface area (Å²) in [6.45, 7) is 7.54. The Kier molecular flexibility index (Phi) is 5.27. The first-order chi connectivity index (χ1) is 11.5. The second-order valence-electron chi connectivity index (χ2n) is 7.54. The maximum Gasteiger partial charge on any atom is 0.307 e. The third kappa shape index (κ3) is 3.86. The molecular formula is C18H25NO5S. The lowest BCUT2D eigenvalue weighted by Crippen LogP contribution is -2.41. The second-order valence-corrected chi connectivity index (χ2v) is 9.36. The van der Waals surface area contributed by atoms with Gasteiger partial charge in [0.1, 0.15) is 0 Å². The molecule has 1 aliphatic rings. The van der Waals surface area contributed by atoms with E-state index in [0.717, 1.165) is 9.87 Å². The second kappa shape index (κ2) is 6.78. The lowest BCUT2D eigenvalue weighted by atomic mass is 9.79. The van der Waals surface area contributed by atoms with E-state index in [4.69, 9.17) is 0 Å². The number of amides is 1. The molecule has 0 N–H and O–H groups in total. The van der Waals surface area contributed by atoms with Gasteiger partial charge in [-0.1, -0.05) is 38.5 Å². The highest BCUT2D eigenvalue weighted by Gasteiger charge is 2.50. The van der Waals surface area contributed by atoms with Crippen molar-refractivity contribution in [2.75, 3.05) is 7.11 Å². The standard InChI is InChI=1S/C18H25NO5S/c1-12-6-8-14(9-7-12)25(22,23)19-13(11-16(20)24-5)10-15(17(19)21)18(2,3)4/h6-9,13,15H,10-11H2,1-5H3. The largest absolute Gasteiger partial charge is 0.469 e. The van der Waals surface area contributed by atoms with Crippen molar-refractivity contribution in [3.63, 3.8) is 0 Å². The van der Waals surface area contributed by atoms with E-state index in [1.54, 1.807) is 12.1 Å². The van der Waals surface area contributed by atoms with Crippen LogP contribution >= 0.6 is 0 Å². The Morgan fingerprint density at radius 2 is 1.80 bits per heavy atom. The van der Waals surface area contributed by atoms with E-state index in [2.05, 4.69) is 4.74 Å². The number of hydrogen-bond donors (Lipinski definition) is 0. The zero-order valence-electron chi connectivity index (χ0n) is 15.3. The molecule has 0 bridgehead atoms. The summed E-state index contributed by atoms with van der Waals surface area (Å²) in [7, 11) is -2.78. The van der Waals surface area contributed by atoms with Gasteiger partial charge in [0.2, 0.25) is 5.91 Å². The lowest BCUT2D eigenvalue weighted by molar-refractivity contribution is -0.141. The molecule has 25 heavy (non-hydrogen) atoms. The van der Waals surface area contributed by atoms with Crippen LogP contribution in [0.4, 0.5) is 0 Å². The van der Waals surface area contributed by atoms with Gasteiger partial charge < -0.3 is 4.74 Å². The molecule has 138 valence electrons. The minimum Gasteiger partial charge on any atom is -0.469 e. The molecule has 2 atom stereocenters. The summed E-state index contributed by atoms with van der Waals surface area (Å²) < 4.78 is 31.7. The molecule has 2 rings (SSSR count). The minimum absolute atomic E-state index is 0.0517. The number of methoxy groups -OCH3 is 1. The summed E-state index contributed by atoms with van der Waals surface area (Å²) >= 11 is 0. The number of rotatable bonds is 4. The van der Waals surface area contributed by atoms with Crippen LogP contribution in [0.2, 0.25) is 0 Å². The van der Waals surface area contributed by atoms with E-state index < -0.39 is 39.3 Å². The summed E-state index contributed by atoms with van der Waals surface area (Å²) in [5.74, 6) is -1.46. The zero-order chi connectivity index (χ0) is 19.0. The number of benzene rings is 1. The number of sulfonamides is 1. The highest BCUT2D eigenvalue weighted by Crippen LogP contribution is 2.41. The maximum atomic E-state index is 13.1. The fourth-order valence-corrected chi connectivity index (χ4v) is 4.73. The topological polar surface area (TPSA) is 80.8 Å². The fourth-order valence-electron chi connectivity index (χ4n) is 3.11. The van der Waals surface area contributed by atoms with Gasteiger partial charge in [0, 0.05) is 5.92 Å². The summed E-state index contributed by atoms with van der Waals surface area (Å²) in [4.78, 5) is 24.7. The van der Waals surface area contributed by atoms with Crippen molar-refractivity contribution in [1.82, 2.24) is 4.31 Å². The van der Waals surface area contributed by atoms with Crippen molar-refractivity contribution in [2.45, 2.75) is 51.5 Å². The van der Waals surface area contributed by atoms with E-state index in [9.17, 15) is 18.0 Å². The van der Waals surface area contributed by atoms with Crippen LogP contribution in [0.15, 0.2) is 29.2 Å². The first-order valence-electron chi connectivity index (χ1n) is 8.20. The van der Waals surface area contributed by atoms with Crippen LogP contribution in [-0.2, 0) is 24.3 Å². The quantitative estimate of drug-likeness (QED) is 0.764. The number of esters is 1. The fraction of sp³-hybridized carbons (Fsp3) is 0.556. The Hall–Kier alpha value is -1.89. The van der Waals surface area contributed by atoms with Gasteiger partial charge in [-0.2, -0.15) is 0 Å². The molecule has 1 aromatic carbocycles. The highest BCUT2D eigenvalue weighted by atomic mass is 32.2. The molecule has 7 heteroatoms. The molecule has 2 unspecified atom stereocenters. The van der Waals surface area contributed by atoms with Crippen LogP contribution in [0.5, 0.6) is 0 Å². The van der Waals surface area contributed by atoms with E-state index in [-0.39, 0.29) is 11.3 Å². The van der Waals surface area contributed by atoms with Gasteiger partial charge in [0.25, 0.3) is 10.0 Å². The van der Waals surface area contributed by atoms with Crippen LogP contribution in [0.1, 0.15) is 39.2 Å². The van der Waals surface area contributed by atoms with Gasteiger partial charge in [-0.25, -0.2) is 12.7 Å². The highest BCUT2D eigenvalue weighted by molar-refractivity contribution is 7.89. The van der Waals surface area contributed by atoms with Gasteiger partial charge in [-0.05, 0) is 30.9 Å². The Morgan fingerprint density at radius 3 is 2.28 bits per heavy atom. The van der Waals surface area contributed by atoms with Crippen LogP contribution in [-0.4, -0.2) is 37.8 Å². The smallest absolute Gasteiger partial charge is 0.307 e. The van der Waals surface area contributed by atoms with E-state index in [1.165, 1.54) is 19.2 Å². The average Bonchev–Trinajstić information content (AvgIpc) is 2.84. The molecule has 6 nitrogen and oxygen atoms in total. The number of ether oxygens (including phenoxy) is 1. The Balaban J connectivity index is 2.47. The van der Waals surface area contributed by atoms with Crippen molar-refractivity contribution < 1.29 is 22.7 Å². The number of hydrogen-bond acceptors (Lipinski definition) is 5. The minimum atomic E-state index is -4.02. The van der Waals surface area contributed by atoms with E-state index in [1.807, 2.05) is 27.7 Å². The van der Waals surface area contributed by atoms with Gasteiger partial charge >= 0.3 is 5.97 Å². The lowest BCUT2D eigenvalue weighted by Gasteiger charge is -2.26. The molecule has 1 amide bonds. The molecular weight excluding hydrogens is 342 g/mol. The molecule has 1 fully saturated rings. The molecule has 0 radical (unpaired) electrons. The molecule has 1 aromatic rings. The van der Waals surface area contributed by atoms with Crippen LogP contribution < -0.4 is 0 Å². The van der Waals surface area contributed by atoms with Crippen LogP contribution in [0.25, 0.3) is 0 Å². The van der Waals surface area contributed by atoms with Crippen molar-refractivity contribution in [3.05, 3.63) is 29.8 Å². The third-order valence-electron chi connectivity index (χ3n) is 4.61. The van der Waals surface area contributed by atoms with Crippen LogP contribution in [0.3, 0.4) is 0 Å². The summed E-state index contributed by atoms with van der Waals surface area (Å²) in [6.07, 6.45) is 0.169. The Labute approximate surface area is 149 Å². The first kappa shape index (κ1) is 19.4. The van der Waals surface area contributed by atoms with Crippen molar-refractivity contribution >= 4 is 21.9 Å². The molecule has 0 spiro atoms. The number of aryl methyl sites for hydroxylation is 1. The van der Waals surface area contributed by atoms with Crippen molar-refractivity contribution in [3.8, 4) is 0 Å². The predicted molar refractivity (Wildman–Crippen MR) is 93.2 cm³/mol. The van der Waals surface area contributed by atoms with Gasteiger partial charge in [-0.3, -0.25) is 9.59 Å². The normalized spacial score (nSPS) is 21.5. The van der Waals surface area contributed by atoms with Gasteiger partial charge in [0.15, 0.2) is 0 Å². The summed E-state index contributed by atoms with van der Waals surface area (Å²) in [6, 6.07) is 5.61. The summed E-state index contributed by atoms with van der Waals surface area (Å²) in [5.41, 5.74) is 0.522. The summed E-state index contributed by atoms with van der Waals surface area (Å²) in [5, 5.41) is 0. The van der Waals surface area contributed by atoms with Crippen LogP contribution in [0, 0.1) is 18.3 Å². The Bertz CT molecular complexity index is 762. The average molecular weight is 367 g/mol. The van der Waals surface area contributed by atoms with Crippen molar-refractivity contribution in [2.24, 2.45) is 11.3 Å². The molecule has 1 aliphatic heterocycles. The molecule has 0 aliphatic carbocycles. The zero-order valence-corrected chi connectivity index (χ0v) is 16.1. The predicted octanol–water partition coefficient (Wildman–Crippen LogP) is 2.51. The molecule has 0 saturated carbocycles. The number of carbonyl (C=O) groups excluding carboxylic acids is 2. The molecule has 0 aromatic heterocycles. The molecule has 1 saturated heterocycles. The number of carbonyl (C=O) groups is 2. The van der Waals surface area contributed by atoms with Crippen molar-refractivity contribution in [1.29, 1.82) is 0 Å². The first-order valence-corrected chi connectivity index (χ1v) is 9.64. The monoisotopic (exact) mass is 367 g/mol. The number of nitrogens with zero attached hydrogens (tertiary/aromatic N) is 1. The SMILES string of the molecule is COC(=O)CC1CC(C(C)(C)C)C(=O)N1S(=O)(=O)c1ccc(C)cc1. The third-order valence-corrected chi connectivity index (χ3v) is 6.47. The maximum absolute atomic E-state index is 13.1. The Morgan fingerprint density at radius 1 is 1.24 bits per heavy atom. The molecule has 1 heterocycles. The van der Waals surface area contributed by atoms with E-state index >= 15 is 0 Å². The van der Waals surface area contributed by atoms with Gasteiger partial charge in [-0.15, -0.1) is 0 Å².